The van der Waals surface area contributed by atoms with Gasteiger partial charge in [-0.3, -0.25) is 14.6 Å². The number of hydrogen-bond acceptors (Lipinski definition) is 5. The highest BCUT2D eigenvalue weighted by Gasteiger charge is 2.60. The summed E-state index contributed by atoms with van der Waals surface area (Å²) in [6.45, 7) is 3.67. The summed E-state index contributed by atoms with van der Waals surface area (Å²) in [5.74, 6) is -1.31. The number of carbonyl (C=O) groups is 1. The molecule has 5 rings (SSSR count). The SMILES string of the molecule is O=C1N(CN2CCOCC2)c2ccccc2C12O[C@H]1CCCCC[C@@H]1O2. The second-order valence-electron chi connectivity index (χ2n) is 7.69. The van der Waals surface area contributed by atoms with E-state index < -0.39 is 5.79 Å². The van der Waals surface area contributed by atoms with Gasteiger partial charge in [-0.1, -0.05) is 37.5 Å². The van der Waals surface area contributed by atoms with Gasteiger partial charge in [0.25, 0.3) is 11.7 Å². The van der Waals surface area contributed by atoms with E-state index >= 15 is 0 Å². The normalized spacial score (nSPS) is 31.1. The highest BCUT2D eigenvalue weighted by Crippen LogP contribution is 2.50. The molecule has 3 fully saturated rings. The van der Waals surface area contributed by atoms with Gasteiger partial charge >= 0.3 is 0 Å². The zero-order chi connectivity index (χ0) is 17.6. The van der Waals surface area contributed by atoms with Gasteiger partial charge in [-0.25, -0.2) is 0 Å². The lowest BCUT2D eigenvalue weighted by Crippen LogP contribution is -2.49. The molecule has 1 aromatic rings. The lowest BCUT2D eigenvalue weighted by Gasteiger charge is -2.31. The number of anilines is 1. The molecule has 1 aromatic carbocycles. The highest BCUT2D eigenvalue weighted by atomic mass is 16.8. The predicted octanol–water partition coefficient (Wildman–Crippen LogP) is 2.22. The molecule has 2 saturated heterocycles. The number of hydrogen-bond donors (Lipinski definition) is 0. The molecule has 0 bridgehead atoms. The molecular formula is C20H26N2O4. The summed E-state index contributed by atoms with van der Waals surface area (Å²) in [6, 6.07) is 7.93. The van der Waals surface area contributed by atoms with Crippen LogP contribution >= 0.6 is 0 Å². The van der Waals surface area contributed by atoms with E-state index in [4.69, 9.17) is 14.2 Å². The van der Waals surface area contributed by atoms with Crippen LogP contribution < -0.4 is 4.90 Å². The van der Waals surface area contributed by atoms with Gasteiger partial charge in [0.1, 0.15) is 0 Å². The fourth-order valence-corrected chi connectivity index (χ4v) is 4.66. The summed E-state index contributed by atoms with van der Waals surface area (Å²) in [7, 11) is 0. The van der Waals surface area contributed by atoms with Crippen LogP contribution in [-0.4, -0.2) is 56.0 Å². The quantitative estimate of drug-likeness (QED) is 0.811. The lowest BCUT2D eigenvalue weighted by atomic mass is 10.1. The fraction of sp³-hybridized carbons (Fsp3) is 0.650. The van der Waals surface area contributed by atoms with Crippen molar-refractivity contribution in [1.82, 2.24) is 4.90 Å². The monoisotopic (exact) mass is 358 g/mol. The van der Waals surface area contributed by atoms with Gasteiger partial charge < -0.3 is 14.2 Å². The third-order valence-electron chi connectivity index (χ3n) is 6.05. The summed E-state index contributed by atoms with van der Waals surface area (Å²) < 4.78 is 18.2. The summed E-state index contributed by atoms with van der Waals surface area (Å²) in [6.07, 6.45) is 5.52. The Hall–Kier alpha value is -1.47. The largest absolute Gasteiger partial charge is 0.379 e. The first-order chi connectivity index (χ1) is 12.8. The number of morpholine rings is 1. The van der Waals surface area contributed by atoms with E-state index in [1.54, 1.807) is 0 Å². The van der Waals surface area contributed by atoms with E-state index in [0.717, 1.165) is 50.0 Å². The van der Waals surface area contributed by atoms with Crippen molar-refractivity contribution in [2.75, 3.05) is 37.9 Å². The zero-order valence-corrected chi connectivity index (χ0v) is 15.1. The number of fused-ring (bicyclic) bond motifs is 3. The van der Waals surface area contributed by atoms with Crippen LogP contribution in [0.25, 0.3) is 0 Å². The molecule has 3 heterocycles. The van der Waals surface area contributed by atoms with Crippen LogP contribution in [-0.2, 0) is 24.8 Å². The highest BCUT2D eigenvalue weighted by molar-refractivity contribution is 6.06. The van der Waals surface area contributed by atoms with Crippen LogP contribution in [0.15, 0.2) is 24.3 Å². The molecule has 0 radical (unpaired) electrons. The number of ether oxygens (including phenoxy) is 3. The van der Waals surface area contributed by atoms with E-state index in [1.807, 2.05) is 29.2 Å². The average molecular weight is 358 g/mol. The molecule has 6 heteroatoms. The molecule has 0 aromatic heterocycles. The van der Waals surface area contributed by atoms with Gasteiger partial charge in [-0.05, 0) is 18.9 Å². The maximum atomic E-state index is 13.5. The second kappa shape index (κ2) is 6.60. The fourth-order valence-electron chi connectivity index (χ4n) is 4.66. The van der Waals surface area contributed by atoms with Crippen LogP contribution in [0.2, 0.25) is 0 Å². The minimum absolute atomic E-state index is 0.0258. The van der Waals surface area contributed by atoms with Gasteiger partial charge in [-0.2, -0.15) is 0 Å². The molecule has 1 aliphatic carbocycles. The van der Waals surface area contributed by atoms with Crippen LogP contribution in [0, 0.1) is 0 Å². The number of para-hydroxylation sites is 1. The molecular weight excluding hydrogens is 332 g/mol. The van der Waals surface area contributed by atoms with Crippen LogP contribution in [0.1, 0.15) is 37.7 Å². The van der Waals surface area contributed by atoms with E-state index in [9.17, 15) is 4.79 Å². The minimum atomic E-state index is -1.24. The number of nitrogens with zero attached hydrogens (tertiary/aromatic N) is 2. The Bertz CT molecular complexity index is 674. The Labute approximate surface area is 154 Å². The number of rotatable bonds is 2. The Morgan fingerprint density at radius 3 is 2.42 bits per heavy atom. The molecule has 1 spiro atoms. The predicted molar refractivity (Wildman–Crippen MR) is 95.7 cm³/mol. The van der Waals surface area contributed by atoms with Crippen molar-refractivity contribution in [2.45, 2.75) is 50.1 Å². The summed E-state index contributed by atoms with van der Waals surface area (Å²) in [5.41, 5.74) is 1.78. The van der Waals surface area contributed by atoms with Crippen molar-refractivity contribution in [3.05, 3.63) is 29.8 Å². The van der Waals surface area contributed by atoms with E-state index in [1.165, 1.54) is 6.42 Å². The summed E-state index contributed by atoms with van der Waals surface area (Å²) >= 11 is 0. The molecule has 4 aliphatic rings. The summed E-state index contributed by atoms with van der Waals surface area (Å²) in [4.78, 5) is 17.6. The first-order valence-corrected chi connectivity index (χ1v) is 9.85. The minimum Gasteiger partial charge on any atom is -0.379 e. The molecule has 6 nitrogen and oxygen atoms in total. The molecule has 3 aliphatic heterocycles. The van der Waals surface area contributed by atoms with Crippen molar-refractivity contribution >= 4 is 11.6 Å². The topological polar surface area (TPSA) is 51.2 Å². The third-order valence-corrected chi connectivity index (χ3v) is 6.05. The van der Waals surface area contributed by atoms with E-state index in [0.29, 0.717) is 19.9 Å². The van der Waals surface area contributed by atoms with Crippen LogP contribution in [0.5, 0.6) is 0 Å². The third kappa shape index (κ3) is 2.59. The van der Waals surface area contributed by atoms with Gasteiger partial charge in [0.15, 0.2) is 0 Å². The van der Waals surface area contributed by atoms with Crippen molar-refractivity contribution in [3.63, 3.8) is 0 Å². The van der Waals surface area contributed by atoms with Gasteiger partial charge in [-0.15, -0.1) is 0 Å². The van der Waals surface area contributed by atoms with Crippen molar-refractivity contribution < 1.29 is 19.0 Å². The standard InChI is InChI=1S/C20H26N2O4/c23-19-20(25-17-8-2-1-3-9-18(17)26-20)15-6-4-5-7-16(15)22(19)14-21-10-12-24-13-11-21/h4-7,17-18H,1-3,8-14H2/t17-,18-/m0/s1. The maximum Gasteiger partial charge on any atom is 0.293 e. The second-order valence-corrected chi connectivity index (χ2v) is 7.69. The molecule has 2 atom stereocenters. The van der Waals surface area contributed by atoms with Crippen LogP contribution in [0.3, 0.4) is 0 Å². The van der Waals surface area contributed by atoms with Crippen molar-refractivity contribution in [3.8, 4) is 0 Å². The maximum absolute atomic E-state index is 13.5. The number of benzene rings is 1. The molecule has 0 N–H and O–H groups in total. The number of amides is 1. The molecule has 0 unspecified atom stereocenters. The average Bonchev–Trinajstić information content (AvgIpc) is 3.05. The number of carbonyl (C=O) groups excluding carboxylic acids is 1. The molecule has 1 amide bonds. The Kier molecular flexibility index (Phi) is 4.24. The Balaban J connectivity index is 1.46. The van der Waals surface area contributed by atoms with Crippen molar-refractivity contribution in [2.24, 2.45) is 0 Å². The van der Waals surface area contributed by atoms with Crippen LogP contribution in [0.4, 0.5) is 5.69 Å². The Morgan fingerprint density at radius 1 is 1.00 bits per heavy atom. The van der Waals surface area contributed by atoms with Gasteiger partial charge in [0.2, 0.25) is 0 Å². The molecule has 140 valence electrons. The van der Waals surface area contributed by atoms with Gasteiger partial charge in [0.05, 0.1) is 37.8 Å². The lowest BCUT2D eigenvalue weighted by molar-refractivity contribution is -0.191. The first-order valence-electron chi connectivity index (χ1n) is 9.85. The van der Waals surface area contributed by atoms with Crippen molar-refractivity contribution in [1.29, 1.82) is 0 Å². The molecule has 1 saturated carbocycles. The van der Waals surface area contributed by atoms with E-state index in [2.05, 4.69) is 4.90 Å². The zero-order valence-electron chi connectivity index (χ0n) is 15.1. The first kappa shape index (κ1) is 16.7. The van der Waals surface area contributed by atoms with E-state index in [-0.39, 0.29) is 18.1 Å². The smallest absolute Gasteiger partial charge is 0.293 e. The molecule has 26 heavy (non-hydrogen) atoms. The van der Waals surface area contributed by atoms with Gasteiger partial charge in [0, 0.05) is 18.7 Å². The summed E-state index contributed by atoms with van der Waals surface area (Å²) in [5, 5.41) is 0. The Morgan fingerprint density at radius 2 is 1.69 bits per heavy atom.